The first-order valence-electron chi connectivity index (χ1n) is 11.4. The minimum atomic E-state index is -0.542. The molecule has 0 aliphatic rings. The van der Waals surface area contributed by atoms with Crippen LogP contribution in [-0.4, -0.2) is 38.9 Å². The fourth-order valence-electron chi connectivity index (χ4n) is 3.78. The van der Waals surface area contributed by atoms with Gasteiger partial charge in [-0.05, 0) is 55.3 Å². The number of carbonyl (C=O) groups excluding carboxylic acids is 3. The van der Waals surface area contributed by atoms with Crippen molar-refractivity contribution < 1.29 is 14.4 Å². The summed E-state index contributed by atoms with van der Waals surface area (Å²) < 4.78 is 1.35. The topological polar surface area (TPSA) is 106 Å². The van der Waals surface area contributed by atoms with Crippen LogP contribution in [0.4, 0.5) is 5.69 Å². The first-order chi connectivity index (χ1) is 17.7. The van der Waals surface area contributed by atoms with E-state index in [1.54, 1.807) is 44.3 Å². The summed E-state index contributed by atoms with van der Waals surface area (Å²) in [6, 6.07) is 17.2. The molecule has 0 spiro atoms. The third kappa shape index (κ3) is 6.22. The number of hydrogen-bond acceptors (Lipinski definition) is 5. The van der Waals surface area contributed by atoms with Crippen molar-refractivity contribution in [3.8, 4) is 5.82 Å². The summed E-state index contributed by atoms with van der Waals surface area (Å²) in [6.45, 7) is 3.29. The Morgan fingerprint density at radius 1 is 0.946 bits per heavy atom. The molecule has 0 saturated carbocycles. The van der Waals surface area contributed by atoms with E-state index >= 15 is 0 Å². The minimum absolute atomic E-state index is 0.129. The van der Waals surface area contributed by atoms with Crippen molar-refractivity contribution in [3.63, 3.8) is 0 Å². The summed E-state index contributed by atoms with van der Waals surface area (Å²) >= 11 is 12.5. The van der Waals surface area contributed by atoms with E-state index in [0.717, 1.165) is 5.56 Å². The van der Waals surface area contributed by atoms with Gasteiger partial charge < -0.3 is 10.6 Å². The van der Waals surface area contributed by atoms with Crippen molar-refractivity contribution in [2.24, 2.45) is 0 Å². The molecule has 4 rings (SSSR count). The monoisotopic (exact) mass is 535 g/mol. The number of anilines is 1. The zero-order valence-electron chi connectivity index (χ0n) is 20.1. The van der Waals surface area contributed by atoms with Crippen molar-refractivity contribution >= 4 is 46.5 Å². The number of pyridine rings is 1. The van der Waals surface area contributed by atoms with Crippen molar-refractivity contribution in [2.45, 2.75) is 20.3 Å². The maximum Gasteiger partial charge on any atom is 0.274 e. The molecule has 2 aromatic heterocycles. The van der Waals surface area contributed by atoms with Gasteiger partial charge in [-0.15, -0.1) is 0 Å². The lowest BCUT2D eigenvalue weighted by molar-refractivity contribution is -0.117. The average Bonchev–Trinajstić information content (AvgIpc) is 3.26. The predicted molar refractivity (Wildman–Crippen MR) is 143 cm³/mol. The number of hydrogen-bond donors (Lipinski definition) is 2. The molecule has 8 nitrogen and oxygen atoms in total. The third-order valence-electron chi connectivity index (χ3n) is 5.48. The van der Waals surface area contributed by atoms with Crippen LogP contribution < -0.4 is 10.6 Å². The van der Waals surface area contributed by atoms with Crippen molar-refractivity contribution in [1.29, 1.82) is 0 Å². The van der Waals surface area contributed by atoms with Gasteiger partial charge in [-0.1, -0.05) is 53.5 Å². The smallest absolute Gasteiger partial charge is 0.274 e. The van der Waals surface area contributed by atoms with E-state index < -0.39 is 11.8 Å². The Kier molecular flexibility index (Phi) is 8.01. The van der Waals surface area contributed by atoms with Crippen LogP contribution in [0.5, 0.6) is 0 Å². The van der Waals surface area contributed by atoms with Crippen molar-refractivity contribution in [1.82, 2.24) is 20.1 Å². The van der Waals surface area contributed by atoms with Crippen LogP contribution >= 0.6 is 23.2 Å². The van der Waals surface area contributed by atoms with Gasteiger partial charge in [0.1, 0.15) is 5.69 Å². The number of amides is 2. The zero-order chi connectivity index (χ0) is 26.5. The summed E-state index contributed by atoms with van der Waals surface area (Å²) in [6.07, 6.45) is 1.74. The third-order valence-corrected chi connectivity index (χ3v) is 5.99. The van der Waals surface area contributed by atoms with E-state index in [2.05, 4.69) is 20.7 Å². The number of aromatic nitrogens is 3. The molecular weight excluding hydrogens is 513 g/mol. The standard InChI is InChI=1S/C27H23Cl2N5O3/c1-16-11-19(28)14-21(26(36)31-15-20(35)13-18-7-4-3-5-8-18)24(16)32-27(37)23-12-17(2)33-34(23)25-22(29)9-6-10-30-25/h3-12,14H,13,15H2,1-2H3,(H,31,36)(H,32,37). The molecule has 10 heteroatoms. The summed E-state index contributed by atoms with van der Waals surface area (Å²) in [5.41, 5.74) is 2.57. The number of benzene rings is 2. The van der Waals surface area contributed by atoms with E-state index in [1.807, 2.05) is 30.3 Å². The highest BCUT2D eigenvalue weighted by atomic mass is 35.5. The van der Waals surface area contributed by atoms with Crippen LogP contribution in [0.2, 0.25) is 10.0 Å². The highest BCUT2D eigenvalue weighted by Crippen LogP contribution is 2.27. The molecule has 0 saturated heterocycles. The fourth-order valence-corrected chi connectivity index (χ4v) is 4.26. The Morgan fingerprint density at radius 3 is 2.43 bits per heavy atom. The molecule has 188 valence electrons. The lowest BCUT2D eigenvalue weighted by Gasteiger charge is -2.15. The highest BCUT2D eigenvalue weighted by molar-refractivity contribution is 6.32. The average molecular weight is 536 g/mol. The second-order valence-corrected chi connectivity index (χ2v) is 9.22. The van der Waals surface area contributed by atoms with Crippen LogP contribution in [-0.2, 0) is 11.2 Å². The molecule has 2 heterocycles. The largest absolute Gasteiger partial charge is 0.345 e. The van der Waals surface area contributed by atoms with Crippen LogP contribution in [0.1, 0.15) is 37.7 Å². The molecule has 0 bridgehead atoms. The summed E-state index contributed by atoms with van der Waals surface area (Å²) in [7, 11) is 0. The first-order valence-corrected chi connectivity index (χ1v) is 12.1. The van der Waals surface area contributed by atoms with E-state index in [1.165, 1.54) is 10.7 Å². The zero-order valence-corrected chi connectivity index (χ0v) is 21.6. The van der Waals surface area contributed by atoms with E-state index in [0.29, 0.717) is 27.1 Å². The predicted octanol–water partition coefficient (Wildman–Crippen LogP) is 4.98. The van der Waals surface area contributed by atoms with E-state index in [4.69, 9.17) is 23.2 Å². The Hall–Kier alpha value is -4.01. The first kappa shape index (κ1) is 26.1. The number of aryl methyl sites for hydroxylation is 2. The van der Waals surface area contributed by atoms with Gasteiger partial charge in [0.25, 0.3) is 11.8 Å². The minimum Gasteiger partial charge on any atom is -0.345 e. The Labute approximate surface area is 223 Å². The molecule has 2 aromatic carbocycles. The number of rotatable bonds is 8. The van der Waals surface area contributed by atoms with Crippen LogP contribution in [0, 0.1) is 13.8 Å². The Morgan fingerprint density at radius 2 is 1.70 bits per heavy atom. The van der Waals surface area contributed by atoms with Gasteiger partial charge in [0.05, 0.1) is 28.5 Å². The molecule has 0 fully saturated rings. The van der Waals surface area contributed by atoms with E-state index in [-0.39, 0.29) is 35.7 Å². The molecular formula is C27H23Cl2N5O3. The van der Waals surface area contributed by atoms with Gasteiger partial charge in [-0.3, -0.25) is 14.4 Å². The molecule has 0 aliphatic carbocycles. The molecule has 2 N–H and O–H groups in total. The summed E-state index contributed by atoms with van der Waals surface area (Å²) in [4.78, 5) is 43.0. The Balaban J connectivity index is 1.56. The van der Waals surface area contributed by atoms with Gasteiger partial charge in [0.2, 0.25) is 0 Å². The second-order valence-electron chi connectivity index (χ2n) is 8.37. The van der Waals surface area contributed by atoms with Crippen molar-refractivity contribution in [2.75, 3.05) is 11.9 Å². The van der Waals surface area contributed by atoms with Gasteiger partial charge in [-0.2, -0.15) is 5.10 Å². The lowest BCUT2D eigenvalue weighted by Crippen LogP contribution is -2.31. The summed E-state index contributed by atoms with van der Waals surface area (Å²) in [5.74, 6) is -0.928. The van der Waals surface area contributed by atoms with Gasteiger partial charge in [0.15, 0.2) is 11.6 Å². The van der Waals surface area contributed by atoms with Crippen LogP contribution in [0.25, 0.3) is 5.82 Å². The van der Waals surface area contributed by atoms with Gasteiger partial charge in [0, 0.05) is 17.6 Å². The maximum atomic E-state index is 13.4. The molecule has 0 unspecified atom stereocenters. The van der Waals surface area contributed by atoms with Crippen molar-refractivity contribution in [3.05, 3.63) is 105 Å². The molecule has 0 radical (unpaired) electrons. The van der Waals surface area contributed by atoms with E-state index in [9.17, 15) is 14.4 Å². The fraction of sp³-hybridized carbons (Fsp3) is 0.148. The Bertz CT molecular complexity index is 1480. The number of Topliss-reactive ketones (excluding diaryl/α,β-unsaturated/α-hetero) is 1. The SMILES string of the molecule is Cc1cc(C(=O)Nc2c(C)cc(Cl)cc2C(=O)NCC(=O)Cc2ccccc2)n(-c2ncccc2Cl)n1. The maximum absolute atomic E-state index is 13.4. The highest BCUT2D eigenvalue weighted by Gasteiger charge is 2.22. The number of ketones is 1. The summed E-state index contributed by atoms with van der Waals surface area (Å²) in [5, 5.41) is 10.4. The van der Waals surface area contributed by atoms with Gasteiger partial charge >= 0.3 is 0 Å². The molecule has 0 atom stereocenters. The van der Waals surface area contributed by atoms with Crippen LogP contribution in [0.15, 0.2) is 66.9 Å². The number of carbonyl (C=O) groups is 3. The molecule has 0 aliphatic heterocycles. The number of nitrogens with zero attached hydrogens (tertiary/aromatic N) is 3. The second kappa shape index (κ2) is 11.4. The van der Waals surface area contributed by atoms with Crippen LogP contribution in [0.3, 0.4) is 0 Å². The molecule has 2 amide bonds. The molecule has 37 heavy (non-hydrogen) atoms. The quantitative estimate of drug-likeness (QED) is 0.330. The number of nitrogens with one attached hydrogen (secondary N) is 2. The lowest BCUT2D eigenvalue weighted by atomic mass is 10.1. The number of halogens is 2. The van der Waals surface area contributed by atoms with Gasteiger partial charge in [-0.25, -0.2) is 9.67 Å². The normalized spacial score (nSPS) is 10.7. The molecule has 4 aromatic rings.